The fraction of sp³-hybridized carbons (Fsp3) is 0.0137. The minimum absolute atomic E-state index is 0.667. The Bertz CT molecular complexity index is 4610. The lowest BCUT2D eigenvalue weighted by atomic mass is 9.91. The molecule has 0 N–H and O–H groups in total. The molecule has 0 aliphatic carbocycles. The third kappa shape index (κ3) is 8.16. The van der Waals surface area contributed by atoms with Gasteiger partial charge in [0.25, 0.3) is 0 Å². The largest absolute Gasteiger partial charge is 0.309 e. The van der Waals surface area contributed by atoms with Crippen LogP contribution in [0.3, 0.4) is 0 Å². The van der Waals surface area contributed by atoms with E-state index in [1.165, 1.54) is 141 Å². The van der Waals surface area contributed by atoms with Crippen molar-refractivity contribution in [3.05, 3.63) is 279 Å². The van der Waals surface area contributed by atoms with Crippen molar-refractivity contribution in [2.75, 3.05) is 6.06 Å². The number of fused-ring (bicyclic) bond motifs is 15. The summed E-state index contributed by atoms with van der Waals surface area (Å²) in [6.45, 7) is 0. The van der Waals surface area contributed by atoms with E-state index in [2.05, 4.69) is 297 Å². The van der Waals surface area contributed by atoms with Gasteiger partial charge in [0, 0.05) is 53.1 Å². The number of thiophene rings is 1. The molecule has 0 saturated heterocycles. The molecule has 78 heavy (non-hydrogen) atoms. The molecule has 3 aromatic heterocycles. The Hall–Kier alpha value is -9.05. The van der Waals surface area contributed by atoms with E-state index in [0.717, 1.165) is 0 Å². The van der Waals surface area contributed by atoms with Crippen molar-refractivity contribution >= 4 is 125 Å². The molecule has 16 rings (SSSR count). The Morgan fingerprint density at radius 2 is 0.628 bits per heavy atom. The van der Waals surface area contributed by atoms with E-state index >= 15 is 0 Å². The average molecular weight is 1030 g/mol. The molecule has 0 aliphatic heterocycles. The molecule has 0 saturated carbocycles. The van der Waals surface area contributed by atoms with Crippen LogP contribution in [-0.2, 0) is 0 Å². The molecule has 1 atom stereocenters. The van der Waals surface area contributed by atoms with E-state index in [1.807, 2.05) is 11.3 Å². The first kappa shape index (κ1) is 47.4. The lowest BCUT2D eigenvalue weighted by Crippen LogP contribution is -1.94. The second-order valence-corrected chi connectivity index (χ2v) is 21.3. The van der Waals surface area contributed by atoms with Crippen molar-refractivity contribution in [1.29, 1.82) is 0 Å². The predicted molar refractivity (Wildman–Crippen MR) is 344 cm³/mol. The van der Waals surface area contributed by atoms with E-state index in [1.54, 1.807) is 0 Å². The first-order valence-electron chi connectivity index (χ1n) is 26.6. The number of benzene rings is 13. The van der Waals surface area contributed by atoms with Crippen molar-refractivity contribution in [2.45, 2.75) is 0 Å². The minimum atomic E-state index is 0.667. The van der Waals surface area contributed by atoms with Gasteiger partial charge in [-0.2, -0.15) is 0 Å². The molecule has 13 aromatic carbocycles. The summed E-state index contributed by atoms with van der Waals surface area (Å²) in [6.07, 6.45) is 0. The van der Waals surface area contributed by atoms with Crippen LogP contribution in [0.5, 0.6) is 0 Å². The zero-order chi connectivity index (χ0) is 52.1. The summed E-state index contributed by atoms with van der Waals surface area (Å²) in [5.41, 5.74) is 14.8. The van der Waals surface area contributed by atoms with Gasteiger partial charge in [-0.05, 0) is 132 Å². The van der Waals surface area contributed by atoms with Gasteiger partial charge in [0.1, 0.15) is 0 Å². The van der Waals surface area contributed by atoms with Gasteiger partial charge < -0.3 is 9.13 Å². The molecular formula is C73H50BN2PS. The van der Waals surface area contributed by atoms with E-state index in [-0.39, 0.29) is 0 Å². The molecule has 1 unspecified atom stereocenters. The molecule has 16 aromatic rings. The SMILES string of the molecule is [B]CP.c1cc(-c2ccc3c4ccccc4c4ccccc4c3c2)cc(-c2cccc3c2sc2ccccc23)c1.c1ccc2c(c1)c1ccccc1n2-c1ccc(-c2ccc(-n3c4ccccc4c4ccccc43)cc2)cc1. The lowest BCUT2D eigenvalue weighted by Gasteiger charge is -2.12. The minimum Gasteiger partial charge on any atom is -0.309 e. The lowest BCUT2D eigenvalue weighted by molar-refractivity contribution is 1.18. The molecule has 366 valence electrons. The molecule has 2 radical (unpaired) electrons. The predicted octanol–water partition coefficient (Wildman–Crippen LogP) is 20.4. The number of nitrogens with zero attached hydrogens (tertiary/aromatic N) is 2. The summed E-state index contributed by atoms with van der Waals surface area (Å²) in [6, 6.07) is 102. The first-order valence-corrected chi connectivity index (χ1v) is 28.2. The van der Waals surface area contributed by atoms with E-state index in [4.69, 9.17) is 7.85 Å². The van der Waals surface area contributed by atoms with Crippen molar-refractivity contribution in [3.63, 3.8) is 0 Å². The molecule has 0 aliphatic rings. The number of hydrogen-bond donors (Lipinski definition) is 0. The number of hydrogen-bond acceptors (Lipinski definition) is 1. The maximum absolute atomic E-state index is 4.81. The third-order valence-electron chi connectivity index (χ3n) is 15.4. The van der Waals surface area contributed by atoms with Crippen LogP contribution < -0.4 is 0 Å². The molecule has 0 spiro atoms. The van der Waals surface area contributed by atoms with E-state index < -0.39 is 0 Å². The van der Waals surface area contributed by atoms with Gasteiger partial charge in [0.15, 0.2) is 0 Å². The van der Waals surface area contributed by atoms with Gasteiger partial charge in [-0.25, -0.2) is 0 Å². The summed E-state index contributed by atoms with van der Waals surface area (Å²) < 4.78 is 7.42. The highest BCUT2D eigenvalue weighted by atomic mass is 32.1. The zero-order valence-corrected chi connectivity index (χ0v) is 44.7. The summed E-state index contributed by atoms with van der Waals surface area (Å²) in [4.78, 5) is 0. The van der Waals surface area contributed by atoms with Gasteiger partial charge in [0.05, 0.1) is 29.9 Å². The molecule has 2 nitrogen and oxygen atoms in total. The summed E-state index contributed by atoms with van der Waals surface area (Å²) in [5, 5.41) is 15.7. The smallest absolute Gasteiger partial charge is 0.0709 e. The molecular weight excluding hydrogens is 979 g/mol. The van der Waals surface area contributed by atoms with Crippen molar-refractivity contribution in [3.8, 4) is 44.8 Å². The fourth-order valence-electron chi connectivity index (χ4n) is 11.9. The van der Waals surface area contributed by atoms with Crippen LogP contribution in [-0.4, -0.2) is 23.0 Å². The normalized spacial score (nSPS) is 11.5. The average Bonchev–Trinajstić information content (AvgIpc) is 4.34. The fourth-order valence-corrected chi connectivity index (χ4v) is 13.2. The third-order valence-corrected chi connectivity index (χ3v) is 16.6. The Morgan fingerprint density at radius 1 is 0.282 bits per heavy atom. The van der Waals surface area contributed by atoms with E-state index in [9.17, 15) is 0 Å². The van der Waals surface area contributed by atoms with Crippen molar-refractivity contribution in [1.82, 2.24) is 9.13 Å². The van der Waals surface area contributed by atoms with Gasteiger partial charge in [0.2, 0.25) is 0 Å². The van der Waals surface area contributed by atoms with Crippen LogP contribution >= 0.6 is 20.6 Å². The number of aromatic nitrogens is 2. The van der Waals surface area contributed by atoms with Crippen molar-refractivity contribution in [2.24, 2.45) is 0 Å². The molecule has 0 amide bonds. The zero-order valence-electron chi connectivity index (χ0n) is 42.7. The maximum atomic E-state index is 4.81. The Balaban J connectivity index is 0.000000135. The van der Waals surface area contributed by atoms with Gasteiger partial charge in [-0.1, -0.05) is 218 Å². The van der Waals surface area contributed by atoms with Crippen LogP contribution in [0.2, 0.25) is 0 Å². The Labute approximate surface area is 460 Å². The van der Waals surface area contributed by atoms with Crippen molar-refractivity contribution < 1.29 is 0 Å². The van der Waals surface area contributed by atoms with Crippen LogP contribution in [0.15, 0.2) is 279 Å². The Morgan fingerprint density at radius 3 is 1.12 bits per heavy atom. The van der Waals surface area contributed by atoms with Crippen LogP contribution in [0.1, 0.15) is 0 Å². The number of para-hydroxylation sites is 4. The molecule has 0 bridgehead atoms. The highest BCUT2D eigenvalue weighted by Gasteiger charge is 2.16. The standard InChI is InChI=1S/C36H24N2.C36H22S.CH4BP/c1-5-13-33-29(9-1)30-10-2-6-14-34(30)37(33)27-21-17-25(18-22-27)26-19-23-28(24-20-26)38-35-15-7-3-11-31(35)32-12-4-8-16-36(32)38;1-2-13-29-27(11-1)28-12-3-4-14-30(28)34-22-24(19-20-31(29)34)23-9-7-10-25(21-23)26-16-8-17-33-32-15-5-6-18-35(32)37-36(26)33;2-1-3/h1-24H;1-22H;1,3H2. The van der Waals surface area contributed by atoms with Gasteiger partial charge >= 0.3 is 0 Å². The second-order valence-electron chi connectivity index (χ2n) is 19.8. The quantitative estimate of drug-likeness (QED) is 0.0924. The van der Waals surface area contributed by atoms with Gasteiger partial charge in [-0.15, -0.1) is 20.6 Å². The Kier molecular flexibility index (Phi) is 12.2. The summed E-state index contributed by atoms with van der Waals surface area (Å²) in [7, 11) is 7.17. The van der Waals surface area contributed by atoms with Gasteiger partial charge in [-0.3, -0.25) is 0 Å². The highest BCUT2D eigenvalue weighted by Crippen LogP contribution is 2.42. The van der Waals surface area contributed by atoms with Crippen LogP contribution in [0, 0.1) is 0 Å². The highest BCUT2D eigenvalue weighted by molar-refractivity contribution is 7.26. The molecule has 5 heteroatoms. The summed E-state index contributed by atoms with van der Waals surface area (Å²) in [5.74, 6) is 0. The first-order chi connectivity index (χ1) is 38.6. The monoisotopic (exact) mass is 1030 g/mol. The van der Waals surface area contributed by atoms with E-state index in [0.29, 0.717) is 6.06 Å². The summed E-state index contributed by atoms with van der Waals surface area (Å²) >= 11 is 1.89. The second kappa shape index (κ2) is 20.2. The molecule has 0 fully saturated rings. The molecule has 3 heterocycles. The topological polar surface area (TPSA) is 9.86 Å². The van der Waals surface area contributed by atoms with Crippen LogP contribution in [0.25, 0.3) is 141 Å². The maximum Gasteiger partial charge on any atom is 0.0709 e. The number of rotatable bonds is 5. The van der Waals surface area contributed by atoms with Crippen LogP contribution in [0.4, 0.5) is 0 Å².